The SMILES string of the molecule is CSCC[C@@H](C(=O)C(=O)NC1CCCC1)N(C(=O)N1CCOCC1)C1CCCCC1. The first-order valence-electron chi connectivity index (χ1n) is 11.6. The first kappa shape index (κ1) is 23.4. The molecule has 170 valence electrons. The van der Waals surface area contributed by atoms with Crippen molar-refractivity contribution >= 4 is 29.5 Å². The highest BCUT2D eigenvalue weighted by atomic mass is 32.2. The molecule has 2 aliphatic carbocycles. The van der Waals surface area contributed by atoms with E-state index in [4.69, 9.17) is 4.74 Å². The molecule has 1 atom stereocenters. The van der Waals surface area contributed by atoms with E-state index in [1.54, 1.807) is 21.6 Å². The Hall–Kier alpha value is -1.28. The predicted molar refractivity (Wildman–Crippen MR) is 119 cm³/mol. The van der Waals surface area contributed by atoms with Gasteiger partial charge in [0.15, 0.2) is 0 Å². The predicted octanol–water partition coefficient (Wildman–Crippen LogP) is 2.82. The highest BCUT2D eigenvalue weighted by Crippen LogP contribution is 2.28. The first-order valence-corrected chi connectivity index (χ1v) is 13.0. The average Bonchev–Trinajstić information content (AvgIpc) is 3.30. The Bertz CT molecular complexity index is 585. The molecule has 0 unspecified atom stereocenters. The lowest BCUT2D eigenvalue weighted by Crippen LogP contribution is -2.59. The third-order valence-electron chi connectivity index (χ3n) is 6.62. The molecule has 30 heavy (non-hydrogen) atoms. The number of ketones is 1. The van der Waals surface area contributed by atoms with Crippen LogP contribution < -0.4 is 5.32 Å². The molecule has 1 heterocycles. The minimum Gasteiger partial charge on any atom is -0.378 e. The molecule has 7 nitrogen and oxygen atoms in total. The molecule has 0 bridgehead atoms. The Morgan fingerprint density at radius 3 is 2.30 bits per heavy atom. The summed E-state index contributed by atoms with van der Waals surface area (Å²) < 4.78 is 5.41. The summed E-state index contributed by atoms with van der Waals surface area (Å²) in [7, 11) is 0. The molecule has 3 amide bonds. The highest BCUT2D eigenvalue weighted by molar-refractivity contribution is 7.98. The maximum absolute atomic E-state index is 13.6. The van der Waals surface area contributed by atoms with Crippen molar-refractivity contribution in [3.05, 3.63) is 0 Å². The van der Waals surface area contributed by atoms with Crippen LogP contribution >= 0.6 is 11.8 Å². The van der Waals surface area contributed by atoms with E-state index in [0.717, 1.165) is 57.1 Å². The van der Waals surface area contributed by atoms with E-state index in [0.29, 0.717) is 32.7 Å². The molecular formula is C22H37N3O4S. The Morgan fingerprint density at radius 2 is 1.67 bits per heavy atom. The molecule has 0 radical (unpaired) electrons. The molecule has 1 N–H and O–H groups in total. The summed E-state index contributed by atoms with van der Waals surface area (Å²) in [4.78, 5) is 43.4. The van der Waals surface area contributed by atoms with Crippen LogP contribution in [-0.2, 0) is 14.3 Å². The van der Waals surface area contributed by atoms with E-state index < -0.39 is 17.7 Å². The number of morpholine rings is 1. The Balaban J connectivity index is 1.80. The topological polar surface area (TPSA) is 79.0 Å². The number of nitrogens with zero attached hydrogens (tertiary/aromatic N) is 2. The van der Waals surface area contributed by atoms with Crippen LogP contribution in [0.2, 0.25) is 0 Å². The number of rotatable bonds is 8. The fraction of sp³-hybridized carbons (Fsp3) is 0.864. The number of hydrogen-bond donors (Lipinski definition) is 1. The molecule has 0 spiro atoms. The van der Waals surface area contributed by atoms with Gasteiger partial charge in [-0.25, -0.2) is 4.79 Å². The van der Waals surface area contributed by atoms with Crippen LogP contribution in [0.1, 0.15) is 64.2 Å². The molecule has 8 heteroatoms. The van der Waals surface area contributed by atoms with Gasteiger partial charge < -0.3 is 19.9 Å². The van der Waals surface area contributed by atoms with Crippen molar-refractivity contribution in [3.63, 3.8) is 0 Å². The summed E-state index contributed by atoms with van der Waals surface area (Å²) in [6.07, 6.45) is 11.7. The van der Waals surface area contributed by atoms with Crippen LogP contribution in [0.5, 0.6) is 0 Å². The molecule has 0 aromatic heterocycles. The van der Waals surface area contributed by atoms with Crippen LogP contribution in [0.15, 0.2) is 0 Å². The van der Waals surface area contributed by atoms with Gasteiger partial charge in [0.1, 0.15) is 6.04 Å². The number of carbonyl (C=O) groups is 3. The first-order chi connectivity index (χ1) is 14.6. The van der Waals surface area contributed by atoms with Gasteiger partial charge in [-0.15, -0.1) is 0 Å². The molecule has 3 fully saturated rings. The number of ether oxygens (including phenoxy) is 1. The van der Waals surface area contributed by atoms with E-state index in [-0.39, 0.29) is 18.1 Å². The van der Waals surface area contributed by atoms with E-state index in [1.807, 2.05) is 6.26 Å². The lowest BCUT2D eigenvalue weighted by atomic mass is 9.92. The standard InChI is InChI=1S/C22H37N3O4S/c1-30-16-11-19(20(26)21(27)23-17-7-5-6-8-17)25(18-9-3-2-4-10-18)22(28)24-12-14-29-15-13-24/h17-19H,2-16H2,1H3,(H,23,27)/t19-/m0/s1. The molecule has 3 aliphatic rings. The number of urea groups is 1. The summed E-state index contributed by atoms with van der Waals surface area (Å²) in [6, 6.07) is -0.652. The van der Waals surface area contributed by atoms with E-state index >= 15 is 0 Å². The zero-order valence-corrected chi connectivity index (χ0v) is 19.1. The number of nitrogens with one attached hydrogen (secondary N) is 1. The van der Waals surface area contributed by atoms with E-state index in [9.17, 15) is 14.4 Å². The molecular weight excluding hydrogens is 402 g/mol. The number of hydrogen-bond acceptors (Lipinski definition) is 5. The van der Waals surface area contributed by atoms with Gasteiger partial charge in [-0.05, 0) is 44.1 Å². The van der Waals surface area contributed by atoms with Gasteiger partial charge in [-0.2, -0.15) is 11.8 Å². The molecule has 0 aromatic rings. The van der Waals surface area contributed by atoms with Crippen LogP contribution in [0.3, 0.4) is 0 Å². The van der Waals surface area contributed by atoms with Gasteiger partial charge in [-0.1, -0.05) is 32.1 Å². The molecule has 2 saturated carbocycles. The average molecular weight is 440 g/mol. The van der Waals surface area contributed by atoms with Gasteiger partial charge in [-0.3, -0.25) is 9.59 Å². The third kappa shape index (κ3) is 6.13. The smallest absolute Gasteiger partial charge is 0.321 e. The van der Waals surface area contributed by atoms with Gasteiger partial charge in [0.2, 0.25) is 5.78 Å². The Labute approximate surface area is 184 Å². The van der Waals surface area contributed by atoms with Crippen molar-refractivity contribution in [2.24, 2.45) is 0 Å². The van der Waals surface area contributed by atoms with Crippen LogP contribution in [-0.4, -0.2) is 84.0 Å². The minimum atomic E-state index is -0.683. The summed E-state index contributed by atoms with van der Waals surface area (Å²) in [5, 5.41) is 2.94. The Kier molecular flexibility index (Phi) is 9.30. The second kappa shape index (κ2) is 11.9. The van der Waals surface area contributed by atoms with Gasteiger partial charge in [0.05, 0.1) is 13.2 Å². The van der Waals surface area contributed by atoms with Crippen molar-refractivity contribution < 1.29 is 19.1 Å². The number of Topliss-reactive ketones (excluding diaryl/α,β-unsaturated/α-hetero) is 1. The van der Waals surface area contributed by atoms with Crippen LogP contribution in [0.25, 0.3) is 0 Å². The zero-order valence-electron chi connectivity index (χ0n) is 18.3. The summed E-state index contributed by atoms with van der Waals surface area (Å²) >= 11 is 1.65. The van der Waals surface area contributed by atoms with Crippen molar-refractivity contribution in [3.8, 4) is 0 Å². The number of carbonyl (C=O) groups excluding carboxylic acids is 3. The second-order valence-corrected chi connectivity index (χ2v) is 9.68. The lowest BCUT2D eigenvalue weighted by molar-refractivity contribution is -0.141. The maximum atomic E-state index is 13.6. The summed E-state index contributed by atoms with van der Waals surface area (Å²) in [6.45, 7) is 2.13. The quantitative estimate of drug-likeness (QED) is 0.589. The van der Waals surface area contributed by atoms with Crippen molar-refractivity contribution in [2.45, 2.75) is 82.3 Å². The lowest BCUT2D eigenvalue weighted by Gasteiger charge is -2.42. The molecule has 1 aliphatic heterocycles. The maximum Gasteiger partial charge on any atom is 0.321 e. The molecule has 0 aromatic carbocycles. The van der Waals surface area contributed by atoms with Gasteiger partial charge >= 0.3 is 6.03 Å². The second-order valence-electron chi connectivity index (χ2n) is 8.70. The number of thioether (sulfide) groups is 1. The van der Waals surface area contributed by atoms with Crippen molar-refractivity contribution in [1.82, 2.24) is 15.1 Å². The minimum absolute atomic E-state index is 0.0316. The summed E-state index contributed by atoms with van der Waals surface area (Å²) in [5.74, 6) is -0.209. The molecule has 1 saturated heterocycles. The normalized spacial score (nSPS) is 22.0. The van der Waals surface area contributed by atoms with Crippen LogP contribution in [0.4, 0.5) is 4.79 Å². The zero-order chi connectivity index (χ0) is 21.3. The Morgan fingerprint density at radius 1 is 1.03 bits per heavy atom. The monoisotopic (exact) mass is 439 g/mol. The number of amides is 3. The third-order valence-corrected chi connectivity index (χ3v) is 7.26. The van der Waals surface area contributed by atoms with Crippen molar-refractivity contribution in [2.75, 3.05) is 38.3 Å². The molecule has 3 rings (SSSR count). The highest BCUT2D eigenvalue weighted by Gasteiger charge is 2.40. The van der Waals surface area contributed by atoms with E-state index in [1.165, 1.54) is 6.42 Å². The fourth-order valence-electron chi connectivity index (χ4n) is 4.93. The summed E-state index contributed by atoms with van der Waals surface area (Å²) in [5.41, 5.74) is 0. The van der Waals surface area contributed by atoms with Gasteiger partial charge in [0.25, 0.3) is 5.91 Å². The van der Waals surface area contributed by atoms with Gasteiger partial charge in [0, 0.05) is 25.2 Å². The van der Waals surface area contributed by atoms with Crippen LogP contribution in [0, 0.1) is 0 Å². The van der Waals surface area contributed by atoms with E-state index in [2.05, 4.69) is 5.32 Å². The largest absolute Gasteiger partial charge is 0.378 e. The van der Waals surface area contributed by atoms with Crippen molar-refractivity contribution in [1.29, 1.82) is 0 Å². The fourth-order valence-corrected chi connectivity index (χ4v) is 5.38.